The van der Waals surface area contributed by atoms with Gasteiger partial charge in [-0.3, -0.25) is 4.98 Å². The number of benzene rings is 1. The maximum atomic E-state index is 13.0. The maximum Gasteiger partial charge on any atom is 0.416 e. The van der Waals surface area contributed by atoms with Crippen molar-refractivity contribution < 1.29 is 18.3 Å². The standard InChI is InChI=1S/C21H23F3N6O/c1-29-7-8-30(2)12-14(11-29)26-20-17-10-25-6-5-15(17)19(27-28-20)16-4-3-13(9-18(16)31)21(22,23)24/h3-6,9-10,14,31H,7-8,11-12H2,1-2H3,(H,26,28). The number of alkyl halides is 3. The molecule has 0 spiro atoms. The van der Waals surface area contributed by atoms with Gasteiger partial charge >= 0.3 is 6.18 Å². The number of hydrogen-bond acceptors (Lipinski definition) is 7. The molecule has 2 N–H and O–H groups in total. The second-order valence-electron chi connectivity index (χ2n) is 7.91. The fourth-order valence-electron chi connectivity index (χ4n) is 3.83. The lowest BCUT2D eigenvalue weighted by Gasteiger charge is -2.23. The molecule has 10 heteroatoms. The molecule has 0 saturated carbocycles. The molecule has 0 bridgehead atoms. The summed E-state index contributed by atoms with van der Waals surface area (Å²) in [5, 5.41) is 23.6. The lowest BCUT2D eigenvalue weighted by Crippen LogP contribution is -2.37. The molecule has 1 aliphatic heterocycles. The number of nitrogens with one attached hydrogen (secondary N) is 1. The zero-order valence-electron chi connectivity index (χ0n) is 17.2. The number of fused-ring (bicyclic) bond motifs is 1. The molecule has 4 rings (SSSR count). The van der Waals surface area contributed by atoms with Gasteiger partial charge in [0.05, 0.1) is 11.6 Å². The molecule has 31 heavy (non-hydrogen) atoms. The van der Waals surface area contributed by atoms with E-state index in [9.17, 15) is 18.3 Å². The zero-order valence-corrected chi connectivity index (χ0v) is 17.2. The largest absolute Gasteiger partial charge is 0.507 e. The molecule has 0 atom stereocenters. The SMILES string of the molecule is CN1CCN(C)CC(Nc2nnc(-c3ccc(C(F)(F)F)cc3O)c3ccncc23)C1. The molecular formula is C21H23F3N6O. The van der Waals surface area contributed by atoms with Gasteiger partial charge in [0.2, 0.25) is 0 Å². The molecule has 1 fully saturated rings. The van der Waals surface area contributed by atoms with Crippen molar-refractivity contribution in [3.63, 3.8) is 0 Å². The second-order valence-corrected chi connectivity index (χ2v) is 7.91. The number of phenolic OH excluding ortho intramolecular Hbond substituents is 1. The Kier molecular flexibility index (Phi) is 5.67. The molecule has 1 aliphatic rings. The zero-order chi connectivity index (χ0) is 22.2. The van der Waals surface area contributed by atoms with Gasteiger partial charge in [0.15, 0.2) is 5.82 Å². The Hall–Kier alpha value is -2.98. The minimum atomic E-state index is -4.54. The highest BCUT2D eigenvalue weighted by atomic mass is 19.4. The first-order chi connectivity index (χ1) is 14.7. The predicted molar refractivity (Wildman–Crippen MR) is 112 cm³/mol. The summed E-state index contributed by atoms with van der Waals surface area (Å²) in [5.74, 6) is 0.0434. The average molecular weight is 432 g/mol. The fourth-order valence-corrected chi connectivity index (χ4v) is 3.83. The fraction of sp³-hybridized carbons (Fsp3) is 0.381. The van der Waals surface area contributed by atoms with Gasteiger partial charge in [0, 0.05) is 54.9 Å². The summed E-state index contributed by atoms with van der Waals surface area (Å²) in [7, 11) is 4.13. The molecule has 3 heterocycles. The highest BCUT2D eigenvalue weighted by Crippen LogP contribution is 2.38. The molecule has 0 aliphatic carbocycles. The summed E-state index contributed by atoms with van der Waals surface area (Å²) in [4.78, 5) is 8.66. The second kappa shape index (κ2) is 8.27. The molecule has 0 radical (unpaired) electrons. The lowest BCUT2D eigenvalue weighted by atomic mass is 10.0. The molecule has 164 valence electrons. The highest BCUT2D eigenvalue weighted by Gasteiger charge is 2.31. The van der Waals surface area contributed by atoms with Gasteiger partial charge in [0.25, 0.3) is 0 Å². The molecule has 0 unspecified atom stereocenters. The van der Waals surface area contributed by atoms with Crippen molar-refractivity contribution in [3.8, 4) is 17.0 Å². The quantitative estimate of drug-likeness (QED) is 0.659. The normalized spacial score (nSPS) is 17.1. The first-order valence-corrected chi connectivity index (χ1v) is 9.87. The molecule has 2 aromatic heterocycles. The Labute approximate surface area is 177 Å². The summed E-state index contributed by atoms with van der Waals surface area (Å²) in [5.41, 5.74) is -0.450. The van der Waals surface area contributed by atoms with Crippen LogP contribution in [0.2, 0.25) is 0 Å². The number of pyridine rings is 1. The van der Waals surface area contributed by atoms with E-state index in [1.54, 1.807) is 18.5 Å². The minimum absolute atomic E-state index is 0.112. The average Bonchev–Trinajstić information content (AvgIpc) is 2.88. The lowest BCUT2D eigenvalue weighted by molar-refractivity contribution is -0.137. The Balaban J connectivity index is 1.72. The number of aromatic hydroxyl groups is 1. The van der Waals surface area contributed by atoms with E-state index in [0.717, 1.165) is 32.2 Å². The van der Waals surface area contributed by atoms with Crippen molar-refractivity contribution in [2.45, 2.75) is 12.2 Å². The minimum Gasteiger partial charge on any atom is -0.507 e. The van der Waals surface area contributed by atoms with Crippen LogP contribution in [0.15, 0.2) is 36.7 Å². The number of nitrogens with zero attached hydrogens (tertiary/aromatic N) is 5. The summed E-state index contributed by atoms with van der Waals surface area (Å²) in [6.45, 7) is 3.59. The predicted octanol–water partition coefficient (Wildman–Crippen LogP) is 3.07. The summed E-state index contributed by atoms with van der Waals surface area (Å²) < 4.78 is 38.9. The van der Waals surface area contributed by atoms with Gasteiger partial charge in [-0.1, -0.05) is 0 Å². The number of rotatable bonds is 3. The third-order valence-corrected chi connectivity index (χ3v) is 5.43. The first-order valence-electron chi connectivity index (χ1n) is 9.87. The molecule has 7 nitrogen and oxygen atoms in total. The van der Waals surface area contributed by atoms with Gasteiger partial charge in [-0.05, 0) is 38.4 Å². The van der Waals surface area contributed by atoms with E-state index in [4.69, 9.17) is 0 Å². The van der Waals surface area contributed by atoms with Crippen LogP contribution >= 0.6 is 0 Å². The van der Waals surface area contributed by atoms with Crippen molar-refractivity contribution in [2.75, 3.05) is 45.6 Å². The molecule has 1 aromatic carbocycles. The van der Waals surface area contributed by atoms with Gasteiger partial charge < -0.3 is 20.2 Å². The van der Waals surface area contributed by atoms with Crippen molar-refractivity contribution in [1.82, 2.24) is 25.0 Å². The van der Waals surface area contributed by atoms with Gasteiger partial charge in [-0.2, -0.15) is 13.2 Å². The van der Waals surface area contributed by atoms with E-state index >= 15 is 0 Å². The van der Waals surface area contributed by atoms with Crippen LogP contribution in [-0.4, -0.2) is 76.4 Å². The van der Waals surface area contributed by atoms with Crippen LogP contribution in [0.1, 0.15) is 5.56 Å². The van der Waals surface area contributed by atoms with E-state index in [2.05, 4.69) is 44.4 Å². The Morgan fingerprint density at radius 3 is 2.39 bits per heavy atom. The molecule has 3 aromatic rings. The summed E-state index contributed by atoms with van der Waals surface area (Å²) in [6, 6.07) is 4.67. The van der Waals surface area contributed by atoms with Crippen LogP contribution in [0.25, 0.3) is 22.0 Å². The van der Waals surface area contributed by atoms with Crippen LogP contribution in [0.4, 0.5) is 19.0 Å². The summed E-state index contributed by atoms with van der Waals surface area (Å²) in [6.07, 6.45) is -1.33. The van der Waals surface area contributed by atoms with Crippen molar-refractivity contribution in [1.29, 1.82) is 0 Å². The van der Waals surface area contributed by atoms with E-state index in [1.807, 2.05) is 0 Å². The van der Waals surface area contributed by atoms with Gasteiger partial charge in [-0.15, -0.1) is 10.2 Å². The number of hydrogen-bond donors (Lipinski definition) is 2. The van der Waals surface area contributed by atoms with E-state index < -0.39 is 17.5 Å². The van der Waals surface area contributed by atoms with E-state index in [0.29, 0.717) is 28.4 Å². The molecular weight excluding hydrogens is 409 g/mol. The van der Waals surface area contributed by atoms with Crippen LogP contribution in [0.5, 0.6) is 5.75 Å². The van der Waals surface area contributed by atoms with Crippen LogP contribution in [0.3, 0.4) is 0 Å². The number of halogens is 3. The first kappa shape index (κ1) is 21.3. The molecule has 0 amide bonds. The maximum absolute atomic E-state index is 13.0. The highest BCUT2D eigenvalue weighted by molar-refractivity contribution is 6.00. The Bertz CT molecular complexity index is 1080. The smallest absolute Gasteiger partial charge is 0.416 e. The van der Waals surface area contributed by atoms with E-state index in [-0.39, 0.29) is 11.6 Å². The number of anilines is 1. The van der Waals surface area contributed by atoms with E-state index in [1.165, 1.54) is 6.07 Å². The van der Waals surface area contributed by atoms with Gasteiger partial charge in [-0.25, -0.2) is 0 Å². The molecule has 1 saturated heterocycles. The number of likely N-dealkylation sites (N-methyl/N-ethyl adjacent to an activating group) is 2. The van der Waals surface area contributed by atoms with Gasteiger partial charge in [0.1, 0.15) is 11.4 Å². The van der Waals surface area contributed by atoms with Crippen molar-refractivity contribution in [3.05, 3.63) is 42.2 Å². The topological polar surface area (TPSA) is 77.4 Å². The van der Waals surface area contributed by atoms with Crippen molar-refractivity contribution >= 4 is 16.6 Å². The van der Waals surface area contributed by atoms with Crippen LogP contribution in [-0.2, 0) is 6.18 Å². The number of aromatic nitrogens is 3. The monoisotopic (exact) mass is 432 g/mol. The van der Waals surface area contributed by atoms with Crippen LogP contribution in [0, 0.1) is 0 Å². The Morgan fingerprint density at radius 2 is 1.74 bits per heavy atom. The summed E-state index contributed by atoms with van der Waals surface area (Å²) >= 11 is 0. The Morgan fingerprint density at radius 1 is 1.03 bits per heavy atom. The number of phenols is 1. The van der Waals surface area contributed by atoms with Crippen molar-refractivity contribution in [2.24, 2.45) is 0 Å². The third kappa shape index (κ3) is 4.54. The van der Waals surface area contributed by atoms with Crippen LogP contribution < -0.4 is 5.32 Å². The third-order valence-electron chi connectivity index (χ3n) is 5.43.